The lowest BCUT2D eigenvalue weighted by Crippen LogP contribution is -2.46. The number of benzene rings is 1. The van der Waals surface area contributed by atoms with E-state index in [1.807, 2.05) is 13.1 Å². The van der Waals surface area contributed by atoms with E-state index >= 15 is 0 Å². The molecule has 3 heteroatoms. The van der Waals surface area contributed by atoms with Crippen LogP contribution in [0, 0.1) is 0 Å². The molecular formula is C18H26N2O. The molecule has 3 nitrogen and oxygen atoms in total. The quantitative estimate of drug-likeness (QED) is 0.905. The molecule has 114 valence electrons. The van der Waals surface area contributed by atoms with Gasteiger partial charge in [0.05, 0.1) is 0 Å². The summed E-state index contributed by atoms with van der Waals surface area (Å²) in [4.78, 5) is 15.2. The minimum Gasteiger partial charge on any atom is -0.337 e. The first-order valence-electron chi connectivity index (χ1n) is 8.29. The van der Waals surface area contributed by atoms with E-state index < -0.39 is 0 Å². The van der Waals surface area contributed by atoms with Gasteiger partial charge in [-0.1, -0.05) is 50.5 Å². The first-order chi connectivity index (χ1) is 10.2. The summed E-state index contributed by atoms with van der Waals surface area (Å²) in [6, 6.07) is 8.67. The van der Waals surface area contributed by atoms with Gasteiger partial charge < -0.3 is 10.2 Å². The summed E-state index contributed by atoms with van der Waals surface area (Å²) in [5.74, 6) is 0.673. The maximum absolute atomic E-state index is 13.0. The molecule has 1 amide bonds. The van der Waals surface area contributed by atoms with Gasteiger partial charge in [-0.25, -0.2) is 0 Å². The zero-order valence-corrected chi connectivity index (χ0v) is 13.1. The summed E-state index contributed by atoms with van der Waals surface area (Å²) >= 11 is 0. The topological polar surface area (TPSA) is 32.3 Å². The predicted molar refractivity (Wildman–Crippen MR) is 85.2 cm³/mol. The summed E-state index contributed by atoms with van der Waals surface area (Å²) in [7, 11) is 1.90. The number of fused-ring (bicyclic) bond motifs is 1. The molecule has 2 unspecified atom stereocenters. The number of rotatable bonds is 2. The molecule has 1 aliphatic carbocycles. The highest BCUT2D eigenvalue weighted by Gasteiger charge is 2.36. The standard InChI is InChI=1S/C18H26N2O/c1-13-12-20(14-8-4-3-5-9-14)18(21)17(19-2)16-11-7-6-10-15(13)16/h6-7,10-11,13-14,17,19H,3-5,8-9,12H2,1-2H3. The van der Waals surface area contributed by atoms with Crippen LogP contribution in [0.3, 0.4) is 0 Å². The van der Waals surface area contributed by atoms with Crippen LogP contribution in [0.25, 0.3) is 0 Å². The van der Waals surface area contributed by atoms with Crippen LogP contribution in [0.1, 0.15) is 62.1 Å². The summed E-state index contributed by atoms with van der Waals surface area (Å²) in [6.07, 6.45) is 6.19. The van der Waals surface area contributed by atoms with E-state index in [2.05, 4.69) is 35.3 Å². The number of nitrogens with zero attached hydrogens (tertiary/aromatic N) is 1. The van der Waals surface area contributed by atoms with Gasteiger partial charge in [-0.05, 0) is 36.9 Å². The van der Waals surface area contributed by atoms with Gasteiger partial charge >= 0.3 is 0 Å². The third kappa shape index (κ3) is 2.71. The summed E-state index contributed by atoms with van der Waals surface area (Å²) in [6.45, 7) is 3.11. The lowest BCUT2D eigenvalue weighted by Gasteiger charge is -2.36. The van der Waals surface area contributed by atoms with Crippen LogP contribution < -0.4 is 5.32 Å². The SMILES string of the molecule is CNC1C(=O)N(C2CCCCC2)CC(C)c2ccccc21. The Hall–Kier alpha value is -1.35. The lowest BCUT2D eigenvalue weighted by atomic mass is 9.93. The van der Waals surface area contributed by atoms with Crippen molar-refractivity contribution in [2.24, 2.45) is 0 Å². The van der Waals surface area contributed by atoms with Gasteiger partial charge in [-0.3, -0.25) is 4.79 Å². The summed E-state index contributed by atoms with van der Waals surface area (Å²) in [5, 5.41) is 3.25. The zero-order chi connectivity index (χ0) is 14.8. The van der Waals surface area contributed by atoms with Crippen LogP contribution in [0.15, 0.2) is 24.3 Å². The molecule has 1 fully saturated rings. The van der Waals surface area contributed by atoms with E-state index in [9.17, 15) is 4.79 Å². The first-order valence-corrected chi connectivity index (χ1v) is 8.29. The number of carbonyl (C=O) groups is 1. The molecule has 0 saturated heterocycles. The zero-order valence-electron chi connectivity index (χ0n) is 13.1. The van der Waals surface area contributed by atoms with E-state index in [1.165, 1.54) is 37.7 Å². The average Bonchev–Trinajstić information content (AvgIpc) is 2.64. The minimum atomic E-state index is -0.187. The second-order valence-electron chi connectivity index (χ2n) is 6.53. The average molecular weight is 286 g/mol. The third-order valence-corrected chi connectivity index (χ3v) is 5.14. The van der Waals surface area contributed by atoms with E-state index in [4.69, 9.17) is 0 Å². The molecule has 0 spiro atoms. The molecule has 0 radical (unpaired) electrons. The number of nitrogens with one attached hydrogen (secondary N) is 1. The Bertz CT molecular complexity index is 508. The van der Waals surface area contributed by atoms with Gasteiger partial charge in [0.25, 0.3) is 0 Å². The first kappa shape index (κ1) is 14.6. The summed E-state index contributed by atoms with van der Waals surface area (Å²) in [5.41, 5.74) is 2.49. The van der Waals surface area contributed by atoms with Crippen LogP contribution in [0.4, 0.5) is 0 Å². The maximum Gasteiger partial charge on any atom is 0.244 e. The van der Waals surface area contributed by atoms with E-state index in [0.717, 1.165) is 12.1 Å². The minimum absolute atomic E-state index is 0.187. The van der Waals surface area contributed by atoms with Crippen LogP contribution in [0.2, 0.25) is 0 Å². The van der Waals surface area contributed by atoms with Crippen LogP contribution >= 0.6 is 0 Å². The van der Waals surface area contributed by atoms with Crippen molar-refractivity contribution in [2.75, 3.05) is 13.6 Å². The van der Waals surface area contributed by atoms with E-state index in [0.29, 0.717) is 12.0 Å². The van der Waals surface area contributed by atoms with Crippen molar-refractivity contribution in [3.8, 4) is 0 Å². The van der Waals surface area contributed by atoms with Crippen molar-refractivity contribution < 1.29 is 4.79 Å². The molecule has 1 aliphatic heterocycles. The lowest BCUT2D eigenvalue weighted by molar-refractivity contribution is -0.136. The molecule has 21 heavy (non-hydrogen) atoms. The largest absolute Gasteiger partial charge is 0.337 e. The van der Waals surface area contributed by atoms with Gasteiger partial charge in [0.2, 0.25) is 5.91 Å². The van der Waals surface area contributed by atoms with E-state index in [-0.39, 0.29) is 11.9 Å². The molecule has 0 bridgehead atoms. The molecule has 1 aromatic rings. The summed E-state index contributed by atoms with van der Waals surface area (Å²) < 4.78 is 0. The Morgan fingerprint density at radius 2 is 1.76 bits per heavy atom. The number of amides is 1. The molecule has 1 aromatic carbocycles. The molecular weight excluding hydrogens is 260 g/mol. The van der Waals surface area contributed by atoms with Crippen molar-refractivity contribution in [1.29, 1.82) is 0 Å². The Morgan fingerprint density at radius 3 is 2.43 bits per heavy atom. The normalized spacial score (nSPS) is 27.3. The molecule has 1 N–H and O–H groups in total. The molecule has 0 aromatic heterocycles. The van der Waals surface area contributed by atoms with Crippen LogP contribution in [0.5, 0.6) is 0 Å². The number of hydrogen-bond donors (Lipinski definition) is 1. The fourth-order valence-corrected chi connectivity index (χ4v) is 4.01. The molecule has 1 heterocycles. The Kier molecular flexibility index (Phi) is 4.29. The van der Waals surface area contributed by atoms with Crippen molar-refractivity contribution >= 4 is 5.91 Å². The highest BCUT2D eigenvalue weighted by atomic mass is 16.2. The van der Waals surface area contributed by atoms with Crippen LogP contribution in [-0.2, 0) is 4.79 Å². The molecule has 1 saturated carbocycles. The number of carbonyl (C=O) groups excluding carboxylic acids is 1. The second-order valence-corrected chi connectivity index (χ2v) is 6.53. The van der Waals surface area contributed by atoms with Crippen molar-refractivity contribution in [2.45, 2.75) is 57.0 Å². The third-order valence-electron chi connectivity index (χ3n) is 5.14. The number of hydrogen-bond acceptors (Lipinski definition) is 2. The van der Waals surface area contributed by atoms with Gasteiger partial charge in [0, 0.05) is 12.6 Å². The van der Waals surface area contributed by atoms with Gasteiger partial charge in [-0.2, -0.15) is 0 Å². The van der Waals surface area contributed by atoms with Crippen molar-refractivity contribution in [3.05, 3.63) is 35.4 Å². The van der Waals surface area contributed by atoms with Crippen molar-refractivity contribution in [3.63, 3.8) is 0 Å². The monoisotopic (exact) mass is 286 g/mol. The van der Waals surface area contributed by atoms with Crippen molar-refractivity contribution in [1.82, 2.24) is 10.2 Å². The Morgan fingerprint density at radius 1 is 1.10 bits per heavy atom. The smallest absolute Gasteiger partial charge is 0.244 e. The highest BCUT2D eigenvalue weighted by Crippen LogP contribution is 2.34. The fourth-order valence-electron chi connectivity index (χ4n) is 4.01. The fraction of sp³-hybridized carbons (Fsp3) is 0.611. The van der Waals surface area contributed by atoms with Gasteiger partial charge in [-0.15, -0.1) is 0 Å². The molecule has 2 atom stereocenters. The van der Waals surface area contributed by atoms with Gasteiger partial charge in [0.1, 0.15) is 6.04 Å². The molecule has 2 aliphatic rings. The van der Waals surface area contributed by atoms with Crippen LogP contribution in [-0.4, -0.2) is 30.4 Å². The maximum atomic E-state index is 13.0. The number of likely N-dealkylation sites (N-methyl/N-ethyl adjacent to an activating group) is 1. The van der Waals surface area contributed by atoms with Gasteiger partial charge in [0.15, 0.2) is 0 Å². The Balaban J connectivity index is 1.95. The van der Waals surface area contributed by atoms with E-state index in [1.54, 1.807) is 0 Å². The predicted octanol–water partition coefficient (Wildman–Crippen LogP) is 3.23. The Labute approximate surface area is 127 Å². The second kappa shape index (κ2) is 6.18. The molecule has 3 rings (SSSR count). The highest BCUT2D eigenvalue weighted by molar-refractivity contribution is 5.85.